The highest BCUT2D eigenvalue weighted by atomic mass is 32.1. The van der Waals surface area contributed by atoms with Crippen LogP contribution in [0.25, 0.3) is 0 Å². The van der Waals surface area contributed by atoms with Crippen molar-refractivity contribution >= 4 is 17.3 Å². The first-order valence-electron chi connectivity index (χ1n) is 7.28. The SMILES string of the molecule is CN=C(NCc1cc(C(C)C)no1)N(C)Cc1csc(C)n1. The highest BCUT2D eigenvalue weighted by Crippen LogP contribution is 2.14. The van der Waals surface area contributed by atoms with Crippen molar-refractivity contribution in [3.8, 4) is 0 Å². The van der Waals surface area contributed by atoms with Crippen LogP contribution in [0.5, 0.6) is 0 Å². The topological polar surface area (TPSA) is 66.6 Å². The average molecular weight is 321 g/mol. The van der Waals surface area contributed by atoms with E-state index >= 15 is 0 Å². The standard InChI is InChI=1S/C15H23N5OS/c1-10(2)14-6-13(21-19-14)7-17-15(16-4)20(5)8-12-9-22-11(3)18-12/h6,9-10H,7-8H2,1-5H3,(H,16,17). The summed E-state index contributed by atoms with van der Waals surface area (Å²) in [6.07, 6.45) is 0. The number of rotatable bonds is 5. The van der Waals surface area contributed by atoms with Crippen molar-refractivity contribution in [3.63, 3.8) is 0 Å². The molecule has 7 heteroatoms. The Kier molecular flexibility index (Phi) is 5.54. The van der Waals surface area contributed by atoms with Crippen molar-refractivity contribution in [1.29, 1.82) is 0 Å². The van der Waals surface area contributed by atoms with Gasteiger partial charge in [-0.3, -0.25) is 4.99 Å². The van der Waals surface area contributed by atoms with Crippen LogP contribution in [0.1, 0.15) is 41.9 Å². The van der Waals surface area contributed by atoms with Gasteiger partial charge in [-0.15, -0.1) is 11.3 Å². The van der Waals surface area contributed by atoms with Gasteiger partial charge in [0, 0.05) is 25.5 Å². The first-order valence-corrected chi connectivity index (χ1v) is 8.15. The lowest BCUT2D eigenvalue weighted by molar-refractivity contribution is 0.368. The van der Waals surface area contributed by atoms with Gasteiger partial charge in [0.15, 0.2) is 11.7 Å². The van der Waals surface area contributed by atoms with E-state index in [-0.39, 0.29) is 0 Å². The van der Waals surface area contributed by atoms with Crippen molar-refractivity contribution in [2.75, 3.05) is 14.1 Å². The fourth-order valence-corrected chi connectivity index (χ4v) is 2.64. The summed E-state index contributed by atoms with van der Waals surface area (Å²) < 4.78 is 5.33. The number of nitrogens with one attached hydrogen (secondary N) is 1. The largest absolute Gasteiger partial charge is 0.359 e. The first-order chi connectivity index (χ1) is 10.5. The zero-order valence-electron chi connectivity index (χ0n) is 13.8. The first kappa shape index (κ1) is 16.5. The second-order valence-electron chi connectivity index (χ2n) is 5.49. The molecule has 2 rings (SSSR count). The molecule has 120 valence electrons. The van der Waals surface area contributed by atoms with Crippen LogP contribution in [0.4, 0.5) is 0 Å². The predicted molar refractivity (Wildman–Crippen MR) is 89.1 cm³/mol. The number of thiazole rings is 1. The number of aliphatic imine (C=N–C) groups is 1. The van der Waals surface area contributed by atoms with Crippen LogP contribution in [-0.2, 0) is 13.1 Å². The van der Waals surface area contributed by atoms with Gasteiger partial charge in [-0.05, 0) is 12.8 Å². The van der Waals surface area contributed by atoms with E-state index in [2.05, 4.69) is 39.7 Å². The smallest absolute Gasteiger partial charge is 0.194 e. The van der Waals surface area contributed by atoms with Gasteiger partial charge in [-0.1, -0.05) is 19.0 Å². The van der Waals surface area contributed by atoms with E-state index in [1.807, 2.05) is 24.9 Å². The number of aryl methyl sites for hydroxylation is 1. The molecule has 0 fully saturated rings. The molecule has 0 saturated heterocycles. The number of aromatic nitrogens is 2. The van der Waals surface area contributed by atoms with E-state index in [4.69, 9.17) is 4.52 Å². The number of nitrogens with zero attached hydrogens (tertiary/aromatic N) is 4. The van der Waals surface area contributed by atoms with Crippen LogP contribution in [0.3, 0.4) is 0 Å². The molecule has 0 aromatic carbocycles. The summed E-state index contributed by atoms with van der Waals surface area (Å²) in [5.41, 5.74) is 2.02. The van der Waals surface area contributed by atoms with Crippen LogP contribution in [0, 0.1) is 6.92 Å². The second kappa shape index (κ2) is 7.40. The summed E-state index contributed by atoms with van der Waals surface area (Å²) in [7, 11) is 3.76. The fraction of sp³-hybridized carbons (Fsp3) is 0.533. The van der Waals surface area contributed by atoms with Gasteiger partial charge in [-0.2, -0.15) is 0 Å². The molecule has 0 aliphatic heterocycles. The molecule has 0 atom stereocenters. The minimum Gasteiger partial charge on any atom is -0.359 e. The van der Waals surface area contributed by atoms with Gasteiger partial charge in [0.1, 0.15) is 0 Å². The Morgan fingerprint density at radius 3 is 2.82 bits per heavy atom. The summed E-state index contributed by atoms with van der Waals surface area (Å²) >= 11 is 1.66. The van der Waals surface area contributed by atoms with E-state index < -0.39 is 0 Å². The molecule has 0 unspecified atom stereocenters. The molecule has 2 aromatic heterocycles. The number of guanidine groups is 1. The monoisotopic (exact) mass is 321 g/mol. The van der Waals surface area contributed by atoms with Gasteiger partial charge < -0.3 is 14.7 Å². The lowest BCUT2D eigenvalue weighted by Crippen LogP contribution is -2.38. The fourth-order valence-electron chi connectivity index (χ4n) is 2.03. The maximum absolute atomic E-state index is 5.33. The second-order valence-corrected chi connectivity index (χ2v) is 6.55. The Bertz CT molecular complexity index is 631. The van der Waals surface area contributed by atoms with E-state index in [1.165, 1.54) is 0 Å². The molecule has 0 spiro atoms. The minimum atomic E-state index is 0.368. The van der Waals surface area contributed by atoms with E-state index in [9.17, 15) is 0 Å². The van der Waals surface area contributed by atoms with Crippen molar-refractivity contribution < 1.29 is 4.52 Å². The van der Waals surface area contributed by atoms with Crippen molar-refractivity contribution in [2.45, 2.75) is 39.8 Å². The summed E-state index contributed by atoms with van der Waals surface area (Å²) in [4.78, 5) is 10.8. The van der Waals surface area contributed by atoms with Gasteiger partial charge in [0.2, 0.25) is 0 Å². The summed E-state index contributed by atoms with van der Waals surface area (Å²) in [5, 5.41) is 10.5. The van der Waals surface area contributed by atoms with Gasteiger partial charge in [-0.25, -0.2) is 4.98 Å². The Morgan fingerprint density at radius 2 is 2.27 bits per heavy atom. The van der Waals surface area contributed by atoms with Crippen LogP contribution < -0.4 is 5.32 Å². The molecule has 0 aliphatic rings. The van der Waals surface area contributed by atoms with Crippen LogP contribution in [0.15, 0.2) is 21.0 Å². The molecule has 2 aromatic rings. The number of hydrogen-bond donors (Lipinski definition) is 1. The molecule has 6 nitrogen and oxygen atoms in total. The normalized spacial score (nSPS) is 12.0. The molecular formula is C15H23N5OS. The lowest BCUT2D eigenvalue weighted by atomic mass is 10.1. The van der Waals surface area contributed by atoms with E-state index in [0.717, 1.165) is 34.7 Å². The molecular weight excluding hydrogens is 298 g/mol. The summed E-state index contributed by atoms with van der Waals surface area (Å²) in [6.45, 7) is 7.48. The lowest BCUT2D eigenvalue weighted by Gasteiger charge is -2.20. The molecule has 0 amide bonds. The summed E-state index contributed by atoms with van der Waals surface area (Å²) in [6, 6.07) is 1.98. The van der Waals surface area contributed by atoms with Crippen molar-refractivity contribution in [2.24, 2.45) is 4.99 Å². The molecule has 0 bridgehead atoms. The Morgan fingerprint density at radius 1 is 1.50 bits per heavy atom. The Balaban J connectivity index is 1.91. The molecule has 22 heavy (non-hydrogen) atoms. The third-order valence-corrected chi connectivity index (χ3v) is 4.05. The van der Waals surface area contributed by atoms with Gasteiger partial charge >= 0.3 is 0 Å². The third-order valence-electron chi connectivity index (χ3n) is 3.23. The van der Waals surface area contributed by atoms with Crippen molar-refractivity contribution in [1.82, 2.24) is 20.4 Å². The molecule has 0 saturated carbocycles. The average Bonchev–Trinajstić information content (AvgIpc) is 3.09. The quantitative estimate of drug-likeness (QED) is 0.677. The van der Waals surface area contributed by atoms with E-state index in [1.54, 1.807) is 18.4 Å². The number of hydrogen-bond acceptors (Lipinski definition) is 5. The Hall–Kier alpha value is -1.89. The van der Waals surface area contributed by atoms with Gasteiger partial charge in [0.05, 0.1) is 29.5 Å². The molecule has 0 radical (unpaired) electrons. The summed E-state index contributed by atoms with van der Waals surface area (Å²) in [5.74, 6) is 1.98. The zero-order valence-corrected chi connectivity index (χ0v) is 14.6. The minimum absolute atomic E-state index is 0.368. The molecule has 2 heterocycles. The highest BCUT2D eigenvalue weighted by Gasteiger charge is 2.11. The zero-order chi connectivity index (χ0) is 16.1. The van der Waals surface area contributed by atoms with Gasteiger partial charge in [0.25, 0.3) is 0 Å². The third kappa shape index (κ3) is 4.30. The predicted octanol–water partition coefficient (Wildman–Crippen LogP) is 2.77. The highest BCUT2D eigenvalue weighted by molar-refractivity contribution is 7.09. The van der Waals surface area contributed by atoms with Crippen LogP contribution >= 0.6 is 11.3 Å². The Labute approximate surface area is 135 Å². The molecule has 0 aliphatic carbocycles. The van der Waals surface area contributed by atoms with E-state index in [0.29, 0.717) is 12.5 Å². The maximum atomic E-state index is 5.33. The van der Waals surface area contributed by atoms with Crippen LogP contribution in [0.2, 0.25) is 0 Å². The maximum Gasteiger partial charge on any atom is 0.194 e. The van der Waals surface area contributed by atoms with Crippen LogP contribution in [-0.4, -0.2) is 35.1 Å². The molecule has 1 N–H and O–H groups in total. The van der Waals surface area contributed by atoms with Crippen molar-refractivity contribution in [3.05, 3.63) is 33.6 Å².